The summed E-state index contributed by atoms with van der Waals surface area (Å²) in [6, 6.07) is 5.26. The van der Waals surface area contributed by atoms with Crippen molar-refractivity contribution in [3.05, 3.63) is 35.5 Å². The second-order valence-electron chi connectivity index (χ2n) is 6.55. The van der Waals surface area contributed by atoms with E-state index < -0.39 is 0 Å². The predicted octanol–water partition coefficient (Wildman–Crippen LogP) is 2.33. The van der Waals surface area contributed by atoms with Gasteiger partial charge in [-0.3, -0.25) is 4.79 Å². The molecule has 134 valence electrons. The van der Waals surface area contributed by atoms with E-state index in [1.807, 2.05) is 11.8 Å². The van der Waals surface area contributed by atoms with Crippen molar-refractivity contribution in [2.24, 2.45) is 0 Å². The van der Waals surface area contributed by atoms with Gasteiger partial charge >= 0.3 is 0 Å². The van der Waals surface area contributed by atoms with Crippen LogP contribution >= 0.6 is 0 Å². The fourth-order valence-electron chi connectivity index (χ4n) is 2.97. The van der Waals surface area contributed by atoms with Gasteiger partial charge in [0.15, 0.2) is 0 Å². The van der Waals surface area contributed by atoms with Gasteiger partial charge in [-0.05, 0) is 32.4 Å². The lowest BCUT2D eigenvalue weighted by atomic mass is 10.1. The van der Waals surface area contributed by atoms with E-state index in [1.54, 1.807) is 19.1 Å². The van der Waals surface area contributed by atoms with Crippen LogP contribution < -0.4 is 5.32 Å². The van der Waals surface area contributed by atoms with E-state index in [0.717, 1.165) is 6.54 Å². The Morgan fingerprint density at radius 2 is 2.24 bits per heavy atom. The van der Waals surface area contributed by atoms with Gasteiger partial charge in [-0.15, -0.1) is 0 Å². The zero-order valence-corrected chi connectivity index (χ0v) is 14.8. The smallest absolute Gasteiger partial charge is 0.227 e. The zero-order valence-electron chi connectivity index (χ0n) is 14.8. The van der Waals surface area contributed by atoms with Crippen LogP contribution in [0.15, 0.2) is 22.7 Å². The van der Waals surface area contributed by atoms with Crippen molar-refractivity contribution >= 4 is 5.91 Å². The number of aryl methyl sites for hydroxylation is 2. The van der Waals surface area contributed by atoms with Gasteiger partial charge in [0.2, 0.25) is 17.6 Å². The number of halogens is 1. The van der Waals surface area contributed by atoms with E-state index in [2.05, 4.69) is 22.4 Å². The van der Waals surface area contributed by atoms with Crippen LogP contribution in [-0.2, 0) is 11.2 Å². The molecule has 2 aromatic rings. The van der Waals surface area contributed by atoms with Crippen molar-refractivity contribution in [1.82, 2.24) is 20.4 Å². The average molecular weight is 346 g/mol. The van der Waals surface area contributed by atoms with E-state index in [9.17, 15) is 9.18 Å². The number of hydrogen-bond acceptors (Lipinski definition) is 5. The number of aromatic nitrogens is 2. The maximum Gasteiger partial charge on any atom is 0.227 e. The Bertz CT molecular complexity index is 761. The van der Waals surface area contributed by atoms with Gasteiger partial charge < -0.3 is 14.7 Å². The summed E-state index contributed by atoms with van der Waals surface area (Å²) in [5.74, 6) is 0.508. The standard InChI is InChI=1S/C18H23FN4O2/c1-11-4-5-14(10-15(11)19)18-21-16(25-22-18)6-7-17(24)23-9-8-20-12(2)13(23)3/h4-5,10,12-13,20H,6-9H2,1-3H3. The summed E-state index contributed by atoms with van der Waals surface area (Å²) in [5.41, 5.74) is 1.13. The van der Waals surface area contributed by atoms with Crippen LogP contribution in [0, 0.1) is 12.7 Å². The molecular formula is C18H23FN4O2. The van der Waals surface area contributed by atoms with E-state index in [0.29, 0.717) is 42.2 Å². The topological polar surface area (TPSA) is 71.3 Å². The largest absolute Gasteiger partial charge is 0.339 e. The fraction of sp³-hybridized carbons (Fsp3) is 0.500. The van der Waals surface area contributed by atoms with Crippen molar-refractivity contribution in [3.8, 4) is 11.4 Å². The lowest BCUT2D eigenvalue weighted by Crippen LogP contribution is -2.57. The monoisotopic (exact) mass is 346 g/mol. The van der Waals surface area contributed by atoms with Crippen LogP contribution in [0.1, 0.15) is 31.7 Å². The number of rotatable bonds is 4. The first-order chi connectivity index (χ1) is 12.0. The molecule has 0 saturated carbocycles. The van der Waals surface area contributed by atoms with Gasteiger partial charge in [-0.1, -0.05) is 17.3 Å². The molecule has 0 aliphatic carbocycles. The Labute approximate surface area is 146 Å². The van der Waals surface area contributed by atoms with E-state index >= 15 is 0 Å². The zero-order chi connectivity index (χ0) is 18.0. The molecule has 1 aromatic carbocycles. The second kappa shape index (κ2) is 7.31. The highest BCUT2D eigenvalue weighted by atomic mass is 19.1. The minimum Gasteiger partial charge on any atom is -0.339 e. The number of nitrogens with zero attached hydrogens (tertiary/aromatic N) is 3. The lowest BCUT2D eigenvalue weighted by molar-refractivity contribution is -0.134. The molecule has 0 spiro atoms. The molecule has 1 N–H and O–H groups in total. The van der Waals surface area contributed by atoms with Gasteiger partial charge in [-0.2, -0.15) is 4.98 Å². The Hall–Kier alpha value is -2.28. The highest BCUT2D eigenvalue weighted by Crippen LogP contribution is 2.19. The van der Waals surface area contributed by atoms with E-state index in [-0.39, 0.29) is 23.8 Å². The first-order valence-electron chi connectivity index (χ1n) is 8.57. The molecule has 2 heterocycles. The Morgan fingerprint density at radius 3 is 3.00 bits per heavy atom. The van der Waals surface area contributed by atoms with Gasteiger partial charge in [0.05, 0.1) is 0 Å². The van der Waals surface area contributed by atoms with Crippen LogP contribution in [-0.4, -0.2) is 46.1 Å². The molecule has 3 rings (SSSR count). The molecular weight excluding hydrogens is 323 g/mol. The number of carbonyl (C=O) groups is 1. The summed E-state index contributed by atoms with van der Waals surface area (Å²) in [7, 11) is 0. The molecule has 7 heteroatoms. The molecule has 1 aliphatic heterocycles. The molecule has 0 radical (unpaired) electrons. The number of amides is 1. The fourth-order valence-corrected chi connectivity index (χ4v) is 2.97. The van der Waals surface area contributed by atoms with Gasteiger partial charge in [0, 0.05) is 43.6 Å². The number of piperazine rings is 1. The minimum absolute atomic E-state index is 0.0852. The highest BCUT2D eigenvalue weighted by molar-refractivity contribution is 5.77. The van der Waals surface area contributed by atoms with Gasteiger partial charge in [0.25, 0.3) is 0 Å². The van der Waals surface area contributed by atoms with E-state index in [1.165, 1.54) is 6.07 Å². The third-order valence-corrected chi connectivity index (χ3v) is 4.81. The molecule has 2 unspecified atom stereocenters. The number of nitrogens with one attached hydrogen (secondary N) is 1. The van der Waals surface area contributed by atoms with Crippen LogP contribution in [0.2, 0.25) is 0 Å². The Balaban J connectivity index is 1.61. The summed E-state index contributed by atoms with van der Waals surface area (Å²) in [4.78, 5) is 18.6. The van der Waals surface area contributed by atoms with Crippen molar-refractivity contribution in [3.63, 3.8) is 0 Å². The molecule has 25 heavy (non-hydrogen) atoms. The number of carbonyl (C=O) groups excluding carboxylic acids is 1. The number of benzene rings is 1. The van der Waals surface area contributed by atoms with Crippen molar-refractivity contribution in [1.29, 1.82) is 0 Å². The maximum atomic E-state index is 13.7. The normalized spacial score (nSPS) is 20.7. The first-order valence-corrected chi connectivity index (χ1v) is 8.57. The molecule has 1 amide bonds. The van der Waals surface area contributed by atoms with Crippen molar-refractivity contribution in [2.75, 3.05) is 13.1 Å². The average Bonchev–Trinajstić information content (AvgIpc) is 3.06. The summed E-state index contributed by atoms with van der Waals surface area (Å²) in [6.07, 6.45) is 0.701. The third-order valence-electron chi connectivity index (χ3n) is 4.81. The van der Waals surface area contributed by atoms with Crippen LogP contribution in [0.3, 0.4) is 0 Å². The Kier molecular flexibility index (Phi) is 5.13. The molecule has 1 aromatic heterocycles. The molecule has 0 bridgehead atoms. The SMILES string of the molecule is Cc1ccc(-c2noc(CCC(=O)N3CCNC(C)C3C)n2)cc1F. The van der Waals surface area contributed by atoms with Crippen LogP contribution in [0.4, 0.5) is 4.39 Å². The van der Waals surface area contributed by atoms with Crippen molar-refractivity contribution < 1.29 is 13.7 Å². The Morgan fingerprint density at radius 1 is 1.44 bits per heavy atom. The van der Waals surface area contributed by atoms with Crippen molar-refractivity contribution in [2.45, 2.75) is 45.7 Å². The lowest BCUT2D eigenvalue weighted by Gasteiger charge is -2.38. The van der Waals surface area contributed by atoms with Crippen LogP contribution in [0.25, 0.3) is 11.4 Å². The predicted molar refractivity (Wildman–Crippen MR) is 91.4 cm³/mol. The summed E-state index contributed by atoms with van der Waals surface area (Å²) in [6.45, 7) is 7.34. The minimum atomic E-state index is -0.305. The van der Waals surface area contributed by atoms with E-state index in [4.69, 9.17) is 4.52 Å². The molecule has 1 saturated heterocycles. The van der Waals surface area contributed by atoms with Gasteiger partial charge in [0.1, 0.15) is 5.82 Å². The molecule has 1 aliphatic rings. The summed E-state index contributed by atoms with van der Waals surface area (Å²) < 4.78 is 18.9. The first kappa shape index (κ1) is 17.5. The highest BCUT2D eigenvalue weighted by Gasteiger charge is 2.28. The molecule has 2 atom stereocenters. The maximum absolute atomic E-state index is 13.7. The quantitative estimate of drug-likeness (QED) is 0.920. The summed E-state index contributed by atoms with van der Waals surface area (Å²) in [5, 5.41) is 7.24. The summed E-state index contributed by atoms with van der Waals surface area (Å²) >= 11 is 0. The van der Waals surface area contributed by atoms with Crippen LogP contribution in [0.5, 0.6) is 0 Å². The third kappa shape index (κ3) is 3.87. The number of hydrogen-bond donors (Lipinski definition) is 1. The second-order valence-corrected chi connectivity index (χ2v) is 6.55. The molecule has 6 nitrogen and oxygen atoms in total. The molecule has 1 fully saturated rings. The van der Waals surface area contributed by atoms with Gasteiger partial charge in [-0.25, -0.2) is 4.39 Å².